The van der Waals surface area contributed by atoms with Crippen molar-refractivity contribution in [1.82, 2.24) is 0 Å². The molecule has 0 aliphatic heterocycles. The van der Waals surface area contributed by atoms with Crippen LogP contribution in [0.25, 0.3) is 0 Å². The van der Waals surface area contributed by atoms with Crippen LogP contribution in [0.4, 0.5) is 0 Å². The summed E-state index contributed by atoms with van der Waals surface area (Å²) in [5, 5.41) is 6.89. The molecule has 0 radical (unpaired) electrons. The van der Waals surface area contributed by atoms with Gasteiger partial charge in [0.25, 0.3) is 6.47 Å². The molecular formula is C7H16N2O2. The highest BCUT2D eigenvalue weighted by atomic mass is 16.3. The van der Waals surface area contributed by atoms with Crippen molar-refractivity contribution in [2.24, 2.45) is 11.5 Å². The zero-order valence-corrected chi connectivity index (χ0v) is 6.95. The molecule has 0 spiro atoms. The van der Waals surface area contributed by atoms with Gasteiger partial charge >= 0.3 is 0 Å². The average Bonchev–Trinajstić information content (AvgIpc) is 1.88. The molecule has 0 rings (SSSR count). The van der Waals surface area contributed by atoms with Crippen molar-refractivity contribution >= 4 is 6.47 Å². The van der Waals surface area contributed by atoms with Gasteiger partial charge in [-0.05, 0) is 13.8 Å². The summed E-state index contributed by atoms with van der Waals surface area (Å²) in [6, 6.07) is 0.0417. The Hall–Kier alpha value is -0.870. The minimum absolute atomic E-state index is 0.0417. The fourth-order valence-corrected chi connectivity index (χ4v) is 0.496. The summed E-state index contributed by atoms with van der Waals surface area (Å²) in [5.41, 5.74) is 11.9. The molecule has 1 atom stereocenters. The molecular weight excluding hydrogens is 144 g/mol. The molecule has 66 valence electrons. The third-order valence-corrected chi connectivity index (χ3v) is 0.820. The van der Waals surface area contributed by atoms with Crippen LogP contribution in [0.2, 0.25) is 0 Å². The van der Waals surface area contributed by atoms with Gasteiger partial charge in [0.2, 0.25) is 0 Å². The van der Waals surface area contributed by atoms with E-state index in [-0.39, 0.29) is 12.5 Å². The first-order chi connectivity index (χ1) is 5.08. The minimum atomic E-state index is -0.250. The van der Waals surface area contributed by atoms with Crippen LogP contribution in [-0.2, 0) is 4.79 Å². The van der Waals surface area contributed by atoms with Gasteiger partial charge in [-0.15, -0.1) is 0 Å². The second-order valence-electron chi connectivity index (χ2n) is 2.25. The lowest BCUT2D eigenvalue weighted by atomic mass is 10.2. The van der Waals surface area contributed by atoms with Crippen molar-refractivity contribution in [2.75, 3.05) is 6.54 Å². The van der Waals surface area contributed by atoms with Gasteiger partial charge in [0, 0.05) is 12.6 Å². The van der Waals surface area contributed by atoms with Crippen LogP contribution in [0.3, 0.4) is 0 Å². The smallest absolute Gasteiger partial charge is 0.290 e. The van der Waals surface area contributed by atoms with E-state index in [0.717, 1.165) is 0 Å². The molecule has 0 saturated carbocycles. The Morgan fingerprint density at radius 3 is 2.09 bits per heavy atom. The maximum absolute atomic E-state index is 8.36. The lowest BCUT2D eigenvalue weighted by Crippen LogP contribution is -2.27. The number of hydrogen-bond donors (Lipinski definition) is 3. The highest BCUT2D eigenvalue weighted by Crippen LogP contribution is 1.88. The zero-order valence-electron chi connectivity index (χ0n) is 6.95. The second-order valence-corrected chi connectivity index (χ2v) is 2.25. The predicted molar refractivity (Wildman–Crippen MR) is 45.2 cm³/mol. The summed E-state index contributed by atoms with van der Waals surface area (Å²) in [4.78, 5) is 8.36. The fraction of sp³-hybridized carbons (Fsp3) is 0.571. The predicted octanol–water partition coefficient (Wildman–Crippen LogP) is -0.0606. The zero-order chi connectivity index (χ0) is 9.28. The summed E-state index contributed by atoms with van der Waals surface area (Å²) in [7, 11) is 0. The van der Waals surface area contributed by atoms with E-state index in [0.29, 0.717) is 6.54 Å². The molecule has 0 aromatic heterocycles. The van der Waals surface area contributed by atoms with Crippen LogP contribution >= 0.6 is 0 Å². The molecule has 4 heteroatoms. The van der Waals surface area contributed by atoms with Crippen LogP contribution in [0.15, 0.2) is 11.6 Å². The molecule has 0 fully saturated rings. The topological polar surface area (TPSA) is 89.3 Å². The van der Waals surface area contributed by atoms with Gasteiger partial charge < -0.3 is 16.6 Å². The quantitative estimate of drug-likeness (QED) is 0.390. The Morgan fingerprint density at radius 2 is 2.00 bits per heavy atom. The lowest BCUT2D eigenvalue weighted by molar-refractivity contribution is -0.122. The second kappa shape index (κ2) is 9.13. The summed E-state index contributed by atoms with van der Waals surface area (Å²) >= 11 is 0. The largest absolute Gasteiger partial charge is 0.483 e. The summed E-state index contributed by atoms with van der Waals surface area (Å²) in [5.74, 6) is 0. The van der Waals surface area contributed by atoms with Crippen LogP contribution in [-0.4, -0.2) is 24.2 Å². The van der Waals surface area contributed by atoms with Crippen molar-refractivity contribution in [3.63, 3.8) is 0 Å². The third kappa shape index (κ3) is 17.6. The highest BCUT2D eigenvalue weighted by Gasteiger charge is 1.89. The van der Waals surface area contributed by atoms with E-state index < -0.39 is 0 Å². The number of allylic oxidation sites excluding steroid dienone is 1. The number of carboxylic acid groups (broad SMARTS) is 1. The van der Waals surface area contributed by atoms with Crippen molar-refractivity contribution in [1.29, 1.82) is 0 Å². The standard InChI is InChI=1S/C6H14N2.CH2O2/c1-5(2)3-6(8)4-7;2-1-3/h3,6H,4,7-8H2,1-2H3;1H,(H,2,3). The Bertz CT molecular complexity index is 120. The molecule has 0 saturated heterocycles. The molecule has 11 heavy (non-hydrogen) atoms. The van der Waals surface area contributed by atoms with Crippen molar-refractivity contribution in [3.05, 3.63) is 11.6 Å². The molecule has 4 nitrogen and oxygen atoms in total. The van der Waals surface area contributed by atoms with Gasteiger partial charge in [0.15, 0.2) is 0 Å². The van der Waals surface area contributed by atoms with E-state index in [4.69, 9.17) is 21.4 Å². The Balaban J connectivity index is 0. The Labute approximate surface area is 66.9 Å². The van der Waals surface area contributed by atoms with Gasteiger partial charge in [-0.25, -0.2) is 0 Å². The molecule has 0 aliphatic carbocycles. The van der Waals surface area contributed by atoms with Crippen LogP contribution < -0.4 is 11.5 Å². The van der Waals surface area contributed by atoms with Crippen LogP contribution in [0.1, 0.15) is 13.8 Å². The SMILES string of the molecule is CC(C)=CC(N)CN.O=CO. The maximum Gasteiger partial charge on any atom is 0.290 e. The first kappa shape index (κ1) is 12.8. The number of nitrogens with two attached hydrogens (primary N) is 2. The molecule has 0 bridgehead atoms. The summed E-state index contributed by atoms with van der Waals surface area (Å²) < 4.78 is 0. The van der Waals surface area contributed by atoms with Crippen molar-refractivity contribution in [3.8, 4) is 0 Å². The van der Waals surface area contributed by atoms with Crippen LogP contribution in [0, 0.1) is 0 Å². The van der Waals surface area contributed by atoms with E-state index in [1.165, 1.54) is 5.57 Å². The van der Waals surface area contributed by atoms with Gasteiger partial charge in [0.1, 0.15) is 0 Å². The maximum atomic E-state index is 8.36. The summed E-state index contributed by atoms with van der Waals surface area (Å²) in [6.07, 6.45) is 1.96. The lowest BCUT2D eigenvalue weighted by Gasteiger charge is -2.00. The van der Waals surface area contributed by atoms with E-state index in [2.05, 4.69) is 0 Å². The fourth-order valence-electron chi connectivity index (χ4n) is 0.496. The monoisotopic (exact) mass is 160 g/mol. The third-order valence-electron chi connectivity index (χ3n) is 0.820. The van der Waals surface area contributed by atoms with Gasteiger partial charge in [-0.3, -0.25) is 4.79 Å². The normalized spacial score (nSPS) is 10.5. The van der Waals surface area contributed by atoms with Crippen molar-refractivity contribution < 1.29 is 9.90 Å². The minimum Gasteiger partial charge on any atom is -0.483 e. The van der Waals surface area contributed by atoms with Crippen molar-refractivity contribution in [2.45, 2.75) is 19.9 Å². The molecule has 5 N–H and O–H groups in total. The number of carbonyl (C=O) groups is 1. The number of hydrogen-bond acceptors (Lipinski definition) is 3. The Kier molecular flexibility index (Phi) is 10.6. The van der Waals surface area contributed by atoms with E-state index in [1.54, 1.807) is 0 Å². The first-order valence-corrected chi connectivity index (χ1v) is 3.27. The van der Waals surface area contributed by atoms with Gasteiger partial charge in [0.05, 0.1) is 0 Å². The van der Waals surface area contributed by atoms with Crippen LogP contribution in [0.5, 0.6) is 0 Å². The van der Waals surface area contributed by atoms with Gasteiger partial charge in [-0.1, -0.05) is 11.6 Å². The molecule has 0 heterocycles. The van der Waals surface area contributed by atoms with E-state index in [9.17, 15) is 0 Å². The van der Waals surface area contributed by atoms with E-state index >= 15 is 0 Å². The molecule has 1 unspecified atom stereocenters. The highest BCUT2D eigenvalue weighted by molar-refractivity contribution is 5.32. The van der Waals surface area contributed by atoms with E-state index in [1.807, 2.05) is 19.9 Å². The molecule has 0 aromatic carbocycles. The van der Waals surface area contributed by atoms with Gasteiger partial charge in [-0.2, -0.15) is 0 Å². The Morgan fingerprint density at radius 1 is 1.64 bits per heavy atom. The summed E-state index contributed by atoms with van der Waals surface area (Å²) in [6.45, 7) is 4.30. The molecule has 0 aliphatic rings. The molecule has 0 aromatic rings. The molecule has 0 amide bonds. The number of rotatable bonds is 2. The first-order valence-electron chi connectivity index (χ1n) is 3.27. The average molecular weight is 160 g/mol.